The minimum atomic E-state index is -0.279. The Balaban J connectivity index is 1.79. The highest BCUT2D eigenvalue weighted by Gasteiger charge is 2.30. The summed E-state index contributed by atoms with van der Waals surface area (Å²) in [5.41, 5.74) is 6.16. The maximum absolute atomic E-state index is 11.0. The number of aromatic nitrogens is 2. The minimum absolute atomic E-state index is 0.236. The first-order valence-electron chi connectivity index (χ1n) is 7.48. The molecule has 2 aliphatic heterocycles. The number of nitrogens with one attached hydrogen (secondary N) is 1. The van der Waals surface area contributed by atoms with Crippen LogP contribution >= 0.6 is 0 Å². The quantitative estimate of drug-likeness (QED) is 0.866. The van der Waals surface area contributed by atoms with Crippen molar-refractivity contribution in [2.45, 2.75) is 38.1 Å². The molecule has 2 aliphatic rings. The lowest BCUT2D eigenvalue weighted by atomic mass is 9.86. The number of primary amides is 1. The van der Waals surface area contributed by atoms with Crippen LogP contribution in [-0.4, -0.2) is 21.5 Å². The van der Waals surface area contributed by atoms with Gasteiger partial charge in [-0.25, -0.2) is 4.99 Å². The predicted octanol–water partition coefficient (Wildman–Crippen LogP) is 1.63. The van der Waals surface area contributed by atoms with Gasteiger partial charge in [-0.05, 0) is 32.0 Å². The normalized spacial score (nSPS) is 23.1. The second-order valence-corrected chi connectivity index (χ2v) is 6.41. The monoisotopic (exact) mass is 299 g/mol. The van der Waals surface area contributed by atoms with Gasteiger partial charge in [0, 0.05) is 30.7 Å². The van der Waals surface area contributed by atoms with Crippen molar-refractivity contribution in [3.63, 3.8) is 0 Å². The number of hydrogen-bond donors (Lipinski definition) is 2. The molecule has 3 N–H and O–H groups in total. The Kier molecular flexibility index (Phi) is 3.60. The van der Waals surface area contributed by atoms with Crippen LogP contribution in [0.1, 0.15) is 38.2 Å². The third kappa shape index (κ3) is 2.68. The highest BCUT2D eigenvalue weighted by Crippen LogP contribution is 2.33. The molecule has 3 heterocycles. The maximum atomic E-state index is 11.0. The lowest BCUT2D eigenvalue weighted by molar-refractivity contribution is -0.118. The highest BCUT2D eigenvalue weighted by molar-refractivity contribution is 5.91. The van der Waals surface area contributed by atoms with E-state index in [9.17, 15) is 4.79 Å². The van der Waals surface area contributed by atoms with Crippen LogP contribution in [0.2, 0.25) is 0 Å². The number of hydrogen-bond acceptors (Lipinski definition) is 4. The molecule has 1 aromatic heterocycles. The number of allylic oxidation sites excluding steroid dienone is 1. The van der Waals surface area contributed by atoms with Crippen molar-refractivity contribution in [1.82, 2.24) is 15.1 Å². The van der Waals surface area contributed by atoms with Gasteiger partial charge in [-0.1, -0.05) is 12.2 Å². The Morgan fingerprint density at radius 3 is 3.00 bits per heavy atom. The topological polar surface area (TPSA) is 85.3 Å². The molecule has 0 aliphatic carbocycles. The second-order valence-electron chi connectivity index (χ2n) is 6.41. The molecule has 116 valence electrons. The van der Waals surface area contributed by atoms with Crippen molar-refractivity contribution in [1.29, 1.82) is 0 Å². The first kappa shape index (κ1) is 14.6. The van der Waals surface area contributed by atoms with Crippen molar-refractivity contribution in [3.05, 3.63) is 42.5 Å². The molecule has 0 bridgehead atoms. The van der Waals surface area contributed by atoms with E-state index in [1.807, 2.05) is 23.3 Å². The van der Waals surface area contributed by atoms with E-state index in [0.717, 1.165) is 11.4 Å². The SMILES string of the molecule is CC(C)(CCC(N)=O)n1cc(C2C=CN=C3NC=CC32)cn1. The molecular weight excluding hydrogens is 278 g/mol. The average molecular weight is 299 g/mol. The van der Waals surface area contributed by atoms with Crippen molar-refractivity contribution in [2.75, 3.05) is 0 Å². The molecule has 1 amide bonds. The van der Waals surface area contributed by atoms with Crippen molar-refractivity contribution >= 4 is 11.7 Å². The summed E-state index contributed by atoms with van der Waals surface area (Å²) in [6.45, 7) is 4.13. The Labute approximate surface area is 129 Å². The zero-order chi connectivity index (χ0) is 15.7. The van der Waals surface area contributed by atoms with Gasteiger partial charge in [0.25, 0.3) is 0 Å². The fourth-order valence-corrected chi connectivity index (χ4v) is 2.88. The molecule has 6 heteroatoms. The largest absolute Gasteiger partial charge is 0.370 e. The molecule has 0 aromatic carbocycles. The van der Waals surface area contributed by atoms with Gasteiger partial charge in [0.05, 0.1) is 11.7 Å². The first-order chi connectivity index (χ1) is 10.5. The average Bonchev–Trinajstić information content (AvgIpc) is 3.14. The summed E-state index contributed by atoms with van der Waals surface area (Å²) in [5.74, 6) is 1.18. The molecule has 2 unspecified atom stereocenters. The van der Waals surface area contributed by atoms with Gasteiger partial charge in [-0.2, -0.15) is 5.10 Å². The van der Waals surface area contributed by atoms with Crippen LogP contribution in [0.15, 0.2) is 41.9 Å². The first-order valence-corrected chi connectivity index (χ1v) is 7.48. The smallest absolute Gasteiger partial charge is 0.217 e. The second kappa shape index (κ2) is 5.44. The van der Waals surface area contributed by atoms with E-state index >= 15 is 0 Å². The lowest BCUT2D eigenvalue weighted by Crippen LogP contribution is -2.29. The van der Waals surface area contributed by atoms with E-state index in [2.05, 4.69) is 47.6 Å². The molecule has 0 saturated heterocycles. The van der Waals surface area contributed by atoms with Gasteiger partial charge in [0.15, 0.2) is 0 Å². The van der Waals surface area contributed by atoms with E-state index in [1.54, 1.807) is 0 Å². The predicted molar refractivity (Wildman–Crippen MR) is 85.1 cm³/mol. The molecule has 6 nitrogen and oxygen atoms in total. The minimum Gasteiger partial charge on any atom is -0.370 e. The third-order valence-corrected chi connectivity index (χ3v) is 4.34. The van der Waals surface area contributed by atoms with Crippen molar-refractivity contribution in [2.24, 2.45) is 16.6 Å². The van der Waals surface area contributed by atoms with E-state index in [1.165, 1.54) is 0 Å². The van der Waals surface area contributed by atoms with Gasteiger partial charge in [0.2, 0.25) is 5.91 Å². The van der Waals surface area contributed by atoms with E-state index in [0.29, 0.717) is 12.8 Å². The Morgan fingerprint density at radius 2 is 2.23 bits per heavy atom. The number of amidine groups is 1. The molecule has 0 spiro atoms. The van der Waals surface area contributed by atoms with Crippen LogP contribution in [0, 0.1) is 5.92 Å². The zero-order valence-corrected chi connectivity index (χ0v) is 12.9. The number of nitrogens with zero attached hydrogens (tertiary/aromatic N) is 3. The third-order valence-electron chi connectivity index (χ3n) is 4.34. The fourth-order valence-electron chi connectivity index (χ4n) is 2.88. The standard InChI is InChI=1S/C16H21N5O/c1-16(2,6-3-14(17)22)21-10-11(9-20-21)12-4-7-18-15-13(12)5-8-19-15/h4-5,7-10,12-13H,3,6H2,1-2H3,(H2,17,22)(H,18,19). The summed E-state index contributed by atoms with van der Waals surface area (Å²) in [6, 6.07) is 0. The van der Waals surface area contributed by atoms with Crippen LogP contribution in [-0.2, 0) is 10.3 Å². The van der Waals surface area contributed by atoms with Gasteiger partial charge in [-0.3, -0.25) is 9.48 Å². The summed E-state index contributed by atoms with van der Waals surface area (Å²) in [5, 5.41) is 7.67. The van der Waals surface area contributed by atoms with Crippen LogP contribution < -0.4 is 11.1 Å². The number of carbonyl (C=O) groups excluding carboxylic acids is 1. The summed E-state index contributed by atoms with van der Waals surface area (Å²) >= 11 is 0. The Hall–Kier alpha value is -2.37. The molecule has 3 rings (SSSR count). The Morgan fingerprint density at radius 1 is 1.41 bits per heavy atom. The summed E-state index contributed by atoms with van der Waals surface area (Å²) in [7, 11) is 0. The number of aliphatic imine (C=N–C) groups is 1. The number of amides is 1. The van der Waals surface area contributed by atoms with Crippen LogP contribution in [0.3, 0.4) is 0 Å². The lowest BCUT2D eigenvalue weighted by Gasteiger charge is -2.25. The number of fused-ring (bicyclic) bond motifs is 1. The van der Waals surface area contributed by atoms with Crippen LogP contribution in [0.4, 0.5) is 0 Å². The van der Waals surface area contributed by atoms with Gasteiger partial charge in [0.1, 0.15) is 5.84 Å². The number of carbonyl (C=O) groups is 1. The Bertz CT molecular complexity index is 668. The molecule has 2 atom stereocenters. The van der Waals surface area contributed by atoms with E-state index in [4.69, 9.17) is 5.73 Å². The summed E-state index contributed by atoms with van der Waals surface area (Å²) in [6.07, 6.45) is 13.0. The fraction of sp³-hybridized carbons (Fsp3) is 0.438. The molecule has 0 fully saturated rings. The van der Waals surface area contributed by atoms with Crippen molar-refractivity contribution < 1.29 is 4.79 Å². The zero-order valence-electron chi connectivity index (χ0n) is 12.9. The van der Waals surface area contributed by atoms with Gasteiger partial charge >= 0.3 is 0 Å². The summed E-state index contributed by atoms with van der Waals surface area (Å²) < 4.78 is 1.93. The summed E-state index contributed by atoms with van der Waals surface area (Å²) in [4.78, 5) is 15.4. The van der Waals surface area contributed by atoms with Crippen molar-refractivity contribution in [3.8, 4) is 0 Å². The molecule has 1 aromatic rings. The van der Waals surface area contributed by atoms with Gasteiger partial charge < -0.3 is 11.1 Å². The molecule has 0 radical (unpaired) electrons. The highest BCUT2D eigenvalue weighted by atomic mass is 16.1. The molecule has 22 heavy (non-hydrogen) atoms. The number of nitrogens with two attached hydrogens (primary N) is 1. The molecular formula is C16H21N5O. The van der Waals surface area contributed by atoms with Crippen LogP contribution in [0.25, 0.3) is 0 Å². The van der Waals surface area contributed by atoms with Crippen LogP contribution in [0.5, 0.6) is 0 Å². The van der Waals surface area contributed by atoms with E-state index in [-0.39, 0.29) is 23.3 Å². The number of rotatable bonds is 5. The molecule has 0 saturated carbocycles. The van der Waals surface area contributed by atoms with Gasteiger partial charge in [-0.15, -0.1) is 0 Å². The van der Waals surface area contributed by atoms with E-state index < -0.39 is 0 Å². The maximum Gasteiger partial charge on any atom is 0.217 e.